The molecule has 1 aliphatic rings. The number of sulfonamides is 1. The number of amides is 1. The Hall–Kier alpha value is -1.15. The lowest BCUT2D eigenvalue weighted by Gasteiger charge is -2.33. The van der Waals surface area contributed by atoms with Gasteiger partial charge in [-0.05, 0) is 45.7 Å². The molecule has 0 radical (unpaired) electrons. The van der Waals surface area contributed by atoms with Crippen LogP contribution in [0.4, 0.5) is 0 Å². The van der Waals surface area contributed by atoms with Crippen LogP contribution in [-0.4, -0.2) is 43.8 Å². The first-order valence-electron chi connectivity index (χ1n) is 8.24. The number of hydrogen-bond donors (Lipinski definition) is 2. The maximum Gasteiger partial charge on any atom is 0.243 e. The highest BCUT2D eigenvalue weighted by molar-refractivity contribution is 7.89. The predicted octanol–water partition coefficient (Wildman–Crippen LogP) is 1.67. The molecule has 0 aromatic heterocycles. The molecular weight excluding hydrogens is 362 g/mol. The van der Waals surface area contributed by atoms with Crippen molar-refractivity contribution < 1.29 is 13.2 Å². The minimum absolute atomic E-state index is 0. The molecule has 1 saturated heterocycles. The molecule has 1 fully saturated rings. The summed E-state index contributed by atoms with van der Waals surface area (Å²) in [5, 5.41) is 2.91. The summed E-state index contributed by atoms with van der Waals surface area (Å²) in [5.74, 6) is -0.473. The molecule has 8 heteroatoms. The summed E-state index contributed by atoms with van der Waals surface area (Å²) >= 11 is 0. The Balaban J connectivity index is 0.00000312. The van der Waals surface area contributed by atoms with E-state index in [0.717, 1.165) is 5.56 Å². The van der Waals surface area contributed by atoms with E-state index >= 15 is 0 Å². The van der Waals surface area contributed by atoms with Gasteiger partial charge in [-0.15, -0.1) is 12.4 Å². The Kier molecular flexibility index (Phi) is 7.43. The molecule has 3 N–H and O–H groups in total. The standard InChI is InChI=1S/C17H27N3O3S.ClH/c1-13-6-8-15(9-7-13)24(22,23)20-10-4-5-14(11-20)16(21)19-17(2,3)12-18;/h6-9,14H,4-5,10-12,18H2,1-3H3,(H,19,21);1H. The van der Waals surface area contributed by atoms with Crippen molar-refractivity contribution >= 4 is 28.3 Å². The van der Waals surface area contributed by atoms with Gasteiger partial charge in [0.05, 0.1) is 10.8 Å². The number of nitrogens with one attached hydrogen (secondary N) is 1. The van der Waals surface area contributed by atoms with Crippen LogP contribution in [0.5, 0.6) is 0 Å². The number of nitrogens with zero attached hydrogens (tertiary/aromatic N) is 1. The summed E-state index contributed by atoms with van der Waals surface area (Å²) in [7, 11) is -3.57. The topological polar surface area (TPSA) is 92.5 Å². The summed E-state index contributed by atoms with van der Waals surface area (Å²) < 4.78 is 27.0. The third-order valence-corrected chi connectivity index (χ3v) is 6.26. The van der Waals surface area contributed by atoms with E-state index in [-0.39, 0.29) is 35.7 Å². The lowest BCUT2D eigenvalue weighted by atomic mass is 9.96. The van der Waals surface area contributed by atoms with E-state index < -0.39 is 15.6 Å². The molecule has 6 nitrogen and oxygen atoms in total. The normalized spacial score (nSPS) is 19.1. The quantitative estimate of drug-likeness (QED) is 0.801. The fourth-order valence-electron chi connectivity index (χ4n) is 2.72. The van der Waals surface area contributed by atoms with Gasteiger partial charge in [0.15, 0.2) is 0 Å². The maximum atomic E-state index is 12.8. The highest BCUT2D eigenvalue weighted by Gasteiger charge is 2.34. The summed E-state index contributed by atoms with van der Waals surface area (Å²) in [4.78, 5) is 12.7. The van der Waals surface area contributed by atoms with Gasteiger partial charge in [0.25, 0.3) is 0 Å². The molecule has 1 atom stereocenters. The molecule has 0 spiro atoms. The minimum atomic E-state index is -3.57. The number of carbonyl (C=O) groups is 1. The molecule has 1 aromatic rings. The number of aryl methyl sites for hydroxylation is 1. The summed E-state index contributed by atoms with van der Waals surface area (Å²) in [5.41, 5.74) is 6.17. The average Bonchev–Trinajstić information content (AvgIpc) is 2.55. The van der Waals surface area contributed by atoms with Crippen LogP contribution in [0.1, 0.15) is 32.3 Å². The van der Waals surface area contributed by atoms with E-state index in [9.17, 15) is 13.2 Å². The first-order chi connectivity index (χ1) is 11.2. The van der Waals surface area contributed by atoms with Gasteiger partial charge in [-0.25, -0.2) is 8.42 Å². The van der Waals surface area contributed by atoms with Crippen LogP contribution < -0.4 is 11.1 Å². The van der Waals surface area contributed by atoms with Gasteiger partial charge in [0.2, 0.25) is 15.9 Å². The molecule has 25 heavy (non-hydrogen) atoms. The molecule has 1 heterocycles. The molecule has 1 aliphatic heterocycles. The molecule has 1 aromatic carbocycles. The smallest absolute Gasteiger partial charge is 0.243 e. The molecule has 0 bridgehead atoms. The number of hydrogen-bond acceptors (Lipinski definition) is 4. The zero-order valence-electron chi connectivity index (χ0n) is 15.0. The second kappa shape index (κ2) is 8.49. The molecular formula is C17H28ClN3O3S. The van der Waals surface area contributed by atoms with Crippen molar-refractivity contribution in [3.8, 4) is 0 Å². The number of nitrogens with two attached hydrogens (primary N) is 1. The van der Waals surface area contributed by atoms with Gasteiger partial charge < -0.3 is 11.1 Å². The lowest BCUT2D eigenvalue weighted by molar-refractivity contribution is -0.127. The first kappa shape index (κ1) is 21.9. The Morgan fingerprint density at radius 3 is 2.48 bits per heavy atom. The van der Waals surface area contributed by atoms with Crippen LogP contribution in [0.15, 0.2) is 29.2 Å². The SMILES string of the molecule is Cc1ccc(S(=O)(=O)N2CCCC(C(=O)NC(C)(C)CN)C2)cc1.Cl. The Labute approximate surface area is 156 Å². The highest BCUT2D eigenvalue weighted by atomic mass is 35.5. The summed E-state index contributed by atoms with van der Waals surface area (Å²) in [6.07, 6.45) is 1.36. The van der Waals surface area contributed by atoms with Crippen LogP contribution in [-0.2, 0) is 14.8 Å². The second-order valence-corrected chi connectivity index (χ2v) is 9.03. The van der Waals surface area contributed by atoms with E-state index in [0.29, 0.717) is 25.9 Å². The van der Waals surface area contributed by atoms with Gasteiger partial charge in [0, 0.05) is 25.2 Å². The van der Waals surface area contributed by atoms with Crippen molar-refractivity contribution in [2.24, 2.45) is 11.7 Å². The average molecular weight is 390 g/mol. The molecule has 142 valence electrons. The number of piperidine rings is 1. The van der Waals surface area contributed by atoms with Crippen molar-refractivity contribution in [1.82, 2.24) is 9.62 Å². The number of rotatable bonds is 5. The van der Waals surface area contributed by atoms with Gasteiger partial charge in [-0.3, -0.25) is 4.79 Å². The Bertz CT molecular complexity index is 690. The van der Waals surface area contributed by atoms with Crippen LogP contribution in [0.25, 0.3) is 0 Å². The fraction of sp³-hybridized carbons (Fsp3) is 0.588. The van der Waals surface area contributed by atoms with Crippen LogP contribution in [0.3, 0.4) is 0 Å². The molecule has 0 saturated carbocycles. The van der Waals surface area contributed by atoms with E-state index in [1.807, 2.05) is 20.8 Å². The first-order valence-corrected chi connectivity index (χ1v) is 9.69. The summed E-state index contributed by atoms with van der Waals surface area (Å²) in [6.45, 7) is 6.61. The predicted molar refractivity (Wildman–Crippen MR) is 101 cm³/mol. The van der Waals surface area contributed by atoms with Gasteiger partial charge >= 0.3 is 0 Å². The summed E-state index contributed by atoms with van der Waals surface area (Å²) in [6, 6.07) is 6.80. The number of halogens is 1. The van der Waals surface area contributed by atoms with Crippen LogP contribution in [0.2, 0.25) is 0 Å². The zero-order valence-corrected chi connectivity index (χ0v) is 16.6. The Morgan fingerprint density at radius 2 is 1.92 bits per heavy atom. The highest BCUT2D eigenvalue weighted by Crippen LogP contribution is 2.24. The molecule has 1 unspecified atom stereocenters. The molecule has 1 amide bonds. The van der Waals surface area contributed by atoms with Crippen molar-refractivity contribution in [3.63, 3.8) is 0 Å². The lowest BCUT2D eigenvalue weighted by Crippen LogP contribution is -2.53. The zero-order chi connectivity index (χ0) is 18.0. The van der Waals surface area contributed by atoms with E-state index in [1.54, 1.807) is 24.3 Å². The van der Waals surface area contributed by atoms with Crippen molar-refractivity contribution in [1.29, 1.82) is 0 Å². The van der Waals surface area contributed by atoms with Gasteiger partial charge in [0.1, 0.15) is 0 Å². The van der Waals surface area contributed by atoms with Gasteiger partial charge in [-0.1, -0.05) is 17.7 Å². The van der Waals surface area contributed by atoms with Crippen molar-refractivity contribution in [2.75, 3.05) is 19.6 Å². The van der Waals surface area contributed by atoms with E-state index in [1.165, 1.54) is 4.31 Å². The van der Waals surface area contributed by atoms with Crippen LogP contribution in [0, 0.1) is 12.8 Å². The number of benzene rings is 1. The second-order valence-electron chi connectivity index (χ2n) is 7.09. The maximum absolute atomic E-state index is 12.8. The van der Waals surface area contributed by atoms with E-state index in [4.69, 9.17) is 5.73 Å². The minimum Gasteiger partial charge on any atom is -0.350 e. The largest absolute Gasteiger partial charge is 0.350 e. The Morgan fingerprint density at radius 1 is 1.32 bits per heavy atom. The van der Waals surface area contributed by atoms with Gasteiger partial charge in [-0.2, -0.15) is 4.31 Å². The number of carbonyl (C=O) groups excluding carboxylic acids is 1. The van der Waals surface area contributed by atoms with Crippen LogP contribution >= 0.6 is 12.4 Å². The third kappa shape index (κ3) is 5.41. The molecule has 2 rings (SSSR count). The fourth-order valence-corrected chi connectivity index (χ4v) is 4.24. The monoisotopic (exact) mass is 389 g/mol. The third-order valence-electron chi connectivity index (χ3n) is 4.39. The van der Waals surface area contributed by atoms with Crippen molar-refractivity contribution in [2.45, 2.75) is 44.0 Å². The van der Waals surface area contributed by atoms with E-state index in [2.05, 4.69) is 5.32 Å². The molecule has 0 aliphatic carbocycles. The van der Waals surface area contributed by atoms with Crippen molar-refractivity contribution in [3.05, 3.63) is 29.8 Å².